The van der Waals surface area contributed by atoms with Crippen LogP contribution in [-0.2, 0) is 4.74 Å². The summed E-state index contributed by atoms with van der Waals surface area (Å²) in [4.78, 5) is 2.22. The minimum Gasteiger partial charge on any atom is -0.395 e. The number of rotatable bonds is 4. The molecule has 0 spiro atoms. The molecule has 1 saturated heterocycles. The van der Waals surface area contributed by atoms with Crippen molar-refractivity contribution in [2.24, 2.45) is 5.73 Å². The highest BCUT2D eigenvalue weighted by Gasteiger charge is 2.24. The predicted molar refractivity (Wildman–Crippen MR) is 51.5 cm³/mol. The Morgan fingerprint density at radius 1 is 1.46 bits per heavy atom. The summed E-state index contributed by atoms with van der Waals surface area (Å²) in [5.41, 5.74) is 5.92. The van der Waals surface area contributed by atoms with Crippen molar-refractivity contribution in [3.05, 3.63) is 0 Å². The molecule has 0 radical (unpaired) electrons. The molecule has 2 unspecified atom stereocenters. The van der Waals surface area contributed by atoms with Crippen LogP contribution in [0.4, 0.5) is 0 Å². The van der Waals surface area contributed by atoms with Gasteiger partial charge in [0.1, 0.15) is 0 Å². The maximum absolute atomic E-state index is 9.22. The third kappa shape index (κ3) is 2.91. The van der Waals surface area contributed by atoms with Crippen LogP contribution in [0.15, 0.2) is 0 Å². The number of aliphatic hydroxyl groups is 1. The van der Waals surface area contributed by atoms with E-state index in [1.165, 1.54) is 0 Å². The van der Waals surface area contributed by atoms with Crippen molar-refractivity contribution in [1.29, 1.82) is 0 Å². The molecule has 1 heterocycles. The van der Waals surface area contributed by atoms with Gasteiger partial charge in [-0.25, -0.2) is 0 Å². The van der Waals surface area contributed by atoms with Gasteiger partial charge in [-0.05, 0) is 6.42 Å². The van der Waals surface area contributed by atoms with Crippen molar-refractivity contribution >= 4 is 0 Å². The van der Waals surface area contributed by atoms with Crippen LogP contribution in [-0.4, -0.2) is 55.0 Å². The second-order valence-corrected chi connectivity index (χ2v) is 3.47. The van der Waals surface area contributed by atoms with Crippen molar-refractivity contribution in [2.45, 2.75) is 25.4 Å². The maximum atomic E-state index is 9.22. The van der Waals surface area contributed by atoms with Gasteiger partial charge in [-0.3, -0.25) is 4.90 Å². The van der Waals surface area contributed by atoms with Gasteiger partial charge >= 0.3 is 0 Å². The third-order valence-electron chi connectivity index (χ3n) is 2.67. The summed E-state index contributed by atoms with van der Waals surface area (Å²) in [7, 11) is 0. The molecule has 0 amide bonds. The van der Waals surface area contributed by atoms with E-state index in [2.05, 4.69) is 4.90 Å². The summed E-state index contributed by atoms with van der Waals surface area (Å²) in [6, 6.07) is 0.178. The minimum absolute atomic E-state index is 0.0723. The fourth-order valence-corrected chi connectivity index (χ4v) is 1.70. The van der Waals surface area contributed by atoms with Gasteiger partial charge in [0.2, 0.25) is 0 Å². The monoisotopic (exact) mass is 188 g/mol. The van der Waals surface area contributed by atoms with E-state index >= 15 is 0 Å². The van der Waals surface area contributed by atoms with Gasteiger partial charge in [0.25, 0.3) is 0 Å². The van der Waals surface area contributed by atoms with Crippen LogP contribution in [0.2, 0.25) is 0 Å². The maximum Gasteiger partial charge on any atom is 0.0601 e. The zero-order valence-corrected chi connectivity index (χ0v) is 8.28. The molecule has 0 aromatic heterocycles. The standard InChI is InChI=1S/C9H20N2O2/c1-2-8(10)9(7-12)11-3-5-13-6-4-11/h8-9,12H,2-7,10H2,1H3. The van der Waals surface area contributed by atoms with Crippen LogP contribution in [0.25, 0.3) is 0 Å². The van der Waals surface area contributed by atoms with Crippen LogP contribution in [0, 0.1) is 0 Å². The smallest absolute Gasteiger partial charge is 0.0601 e. The van der Waals surface area contributed by atoms with E-state index in [0.29, 0.717) is 0 Å². The fourth-order valence-electron chi connectivity index (χ4n) is 1.70. The topological polar surface area (TPSA) is 58.7 Å². The van der Waals surface area contributed by atoms with E-state index in [-0.39, 0.29) is 18.7 Å². The first kappa shape index (κ1) is 10.9. The number of aliphatic hydroxyl groups excluding tert-OH is 1. The molecule has 1 aliphatic rings. The van der Waals surface area contributed by atoms with E-state index in [1.807, 2.05) is 6.92 Å². The molecule has 3 N–H and O–H groups in total. The normalized spacial score (nSPS) is 24.2. The Morgan fingerprint density at radius 2 is 2.08 bits per heavy atom. The molecule has 0 bridgehead atoms. The molecule has 1 fully saturated rings. The zero-order chi connectivity index (χ0) is 9.68. The number of nitrogens with two attached hydrogens (primary N) is 1. The van der Waals surface area contributed by atoms with Gasteiger partial charge < -0.3 is 15.6 Å². The van der Waals surface area contributed by atoms with Gasteiger partial charge in [0.15, 0.2) is 0 Å². The SMILES string of the molecule is CCC(N)C(CO)N1CCOCC1. The Balaban J connectivity index is 2.43. The summed E-state index contributed by atoms with van der Waals surface area (Å²) in [5.74, 6) is 0. The van der Waals surface area contributed by atoms with Gasteiger partial charge in [0.05, 0.1) is 19.8 Å². The molecule has 0 aromatic rings. The Hall–Kier alpha value is -0.160. The van der Waals surface area contributed by atoms with Crippen LogP contribution in [0.3, 0.4) is 0 Å². The highest BCUT2D eigenvalue weighted by atomic mass is 16.5. The fraction of sp³-hybridized carbons (Fsp3) is 1.00. The van der Waals surface area contributed by atoms with Crippen molar-refractivity contribution in [1.82, 2.24) is 4.90 Å². The van der Waals surface area contributed by atoms with E-state index in [9.17, 15) is 5.11 Å². The lowest BCUT2D eigenvalue weighted by Crippen LogP contribution is -2.53. The number of morpholine rings is 1. The highest BCUT2D eigenvalue weighted by molar-refractivity contribution is 4.81. The average molecular weight is 188 g/mol. The number of hydrogen-bond donors (Lipinski definition) is 2. The Morgan fingerprint density at radius 3 is 2.54 bits per heavy atom. The van der Waals surface area contributed by atoms with E-state index in [1.54, 1.807) is 0 Å². The minimum atomic E-state index is 0.0723. The molecule has 4 heteroatoms. The molecule has 2 atom stereocenters. The molecular weight excluding hydrogens is 168 g/mol. The van der Waals surface area contributed by atoms with Gasteiger partial charge in [-0.15, -0.1) is 0 Å². The Labute approximate surface area is 79.7 Å². The van der Waals surface area contributed by atoms with Gasteiger partial charge in [0, 0.05) is 25.2 Å². The second kappa shape index (κ2) is 5.54. The molecule has 1 rings (SSSR count). The van der Waals surface area contributed by atoms with Crippen LogP contribution >= 0.6 is 0 Å². The molecule has 0 aromatic carbocycles. The molecule has 1 aliphatic heterocycles. The zero-order valence-electron chi connectivity index (χ0n) is 8.28. The average Bonchev–Trinajstić information content (AvgIpc) is 2.20. The second-order valence-electron chi connectivity index (χ2n) is 3.47. The first-order valence-corrected chi connectivity index (χ1v) is 4.97. The third-order valence-corrected chi connectivity index (χ3v) is 2.67. The summed E-state index contributed by atoms with van der Waals surface area (Å²) >= 11 is 0. The van der Waals surface area contributed by atoms with Crippen molar-refractivity contribution in [3.8, 4) is 0 Å². The number of ether oxygens (including phenoxy) is 1. The summed E-state index contributed by atoms with van der Waals surface area (Å²) < 4.78 is 5.24. The van der Waals surface area contributed by atoms with Crippen LogP contribution in [0.1, 0.15) is 13.3 Å². The molecule has 78 valence electrons. The van der Waals surface area contributed by atoms with E-state index in [0.717, 1.165) is 32.7 Å². The quantitative estimate of drug-likeness (QED) is 0.619. The van der Waals surface area contributed by atoms with E-state index in [4.69, 9.17) is 10.5 Å². The molecule has 0 aliphatic carbocycles. The summed E-state index contributed by atoms with van der Waals surface area (Å²) in [6.07, 6.45) is 0.905. The predicted octanol–water partition coefficient (Wildman–Crippen LogP) is -0.583. The Bertz CT molecular complexity index is 138. The summed E-state index contributed by atoms with van der Waals surface area (Å²) in [6.45, 7) is 5.49. The Kier molecular flexibility index (Phi) is 4.66. The van der Waals surface area contributed by atoms with Crippen LogP contribution < -0.4 is 5.73 Å². The molecule has 13 heavy (non-hydrogen) atoms. The number of nitrogens with zero attached hydrogens (tertiary/aromatic N) is 1. The van der Waals surface area contributed by atoms with Crippen LogP contribution in [0.5, 0.6) is 0 Å². The van der Waals surface area contributed by atoms with Crippen molar-refractivity contribution in [2.75, 3.05) is 32.9 Å². The molecule has 4 nitrogen and oxygen atoms in total. The lowest BCUT2D eigenvalue weighted by molar-refractivity contribution is -0.00362. The summed E-state index contributed by atoms with van der Waals surface area (Å²) in [5, 5.41) is 9.22. The largest absolute Gasteiger partial charge is 0.395 e. The van der Waals surface area contributed by atoms with Gasteiger partial charge in [-0.1, -0.05) is 6.92 Å². The molecular formula is C9H20N2O2. The first-order valence-electron chi connectivity index (χ1n) is 4.97. The lowest BCUT2D eigenvalue weighted by Gasteiger charge is -2.36. The first-order chi connectivity index (χ1) is 6.29. The lowest BCUT2D eigenvalue weighted by atomic mass is 10.1. The van der Waals surface area contributed by atoms with Gasteiger partial charge in [-0.2, -0.15) is 0 Å². The molecule has 0 saturated carbocycles. The van der Waals surface area contributed by atoms with E-state index < -0.39 is 0 Å². The van der Waals surface area contributed by atoms with Crippen molar-refractivity contribution in [3.63, 3.8) is 0 Å². The number of hydrogen-bond acceptors (Lipinski definition) is 4. The van der Waals surface area contributed by atoms with Crippen molar-refractivity contribution < 1.29 is 9.84 Å². The highest BCUT2D eigenvalue weighted by Crippen LogP contribution is 2.08.